The van der Waals surface area contributed by atoms with Gasteiger partial charge in [-0.05, 0) is 101 Å². The second-order valence-corrected chi connectivity index (χ2v) is 9.04. The van der Waals surface area contributed by atoms with Crippen LogP contribution in [-0.4, -0.2) is 25.1 Å². The monoisotopic (exact) mass is 356 g/mol. The van der Waals surface area contributed by atoms with Gasteiger partial charge >= 0.3 is 0 Å². The summed E-state index contributed by atoms with van der Waals surface area (Å²) in [5.41, 5.74) is 0. The molecule has 146 valence electrons. The molecule has 3 aliphatic rings. The Morgan fingerprint density at radius 3 is 1.80 bits per heavy atom. The predicted molar refractivity (Wildman–Crippen MR) is 99.2 cm³/mol. The summed E-state index contributed by atoms with van der Waals surface area (Å²) < 4.78 is 33.6. The molecular weight excluding hydrogens is 318 g/mol. The highest BCUT2D eigenvalue weighted by Crippen LogP contribution is 2.45. The number of ether oxygens (including phenoxy) is 1. The molecule has 0 saturated heterocycles. The molecule has 0 aromatic carbocycles. The summed E-state index contributed by atoms with van der Waals surface area (Å²) in [6.07, 6.45) is 12.4. The second kappa shape index (κ2) is 9.67. The van der Waals surface area contributed by atoms with E-state index in [9.17, 15) is 8.78 Å². The van der Waals surface area contributed by atoms with E-state index in [1.54, 1.807) is 0 Å². The van der Waals surface area contributed by atoms with E-state index in [4.69, 9.17) is 4.74 Å². The molecule has 3 rings (SSSR count). The average molecular weight is 357 g/mol. The Morgan fingerprint density at radius 2 is 1.24 bits per heavy atom. The first kappa shape index (κ1) is 19.6. The van der Waals surface area contributed by atoms with Crippen molar-refractivity contribution in [3.8, 4) is 0 Å². The summed E-state index contributed by atoms with van der Waals surface area (Å²) in [7, 11) is 0. The fourth-order valence-corrected chi connectivity index (χ4v) is 5.75. The van der Waals surface area contributed by atoms with E-state index >= 15 is 0 Å². The van der Waals surface area contributed by atoms with Crippen LogP contribution in [0.3, 0.4) is 0 Å². The Labute approximate surface area is 153 Å². The van der Waals surface area contributed by atoms with Gasteiger partial charge in [0.15, 0.2) is 0 Å². The Hall–Kier alpha value is -0.180. The molecular formula is C22H38F2O. The third kappa shape index (κ3) is 5.40. The Bertz CT molecular complexity index is 372. The van der Waals surface area contributed by atoms with Gasteiger partial charge in [-0.25, -0.2) is 8.78 Å². The lowest BCUT2D eigenvalue weighted by atomic mass is 9.66. The van der Waals surface area contributed by atoms with Gasteiger partial charge in [-0.1, -0.05) is 13.3 Å². The van der Waals surface area contributed by atoms with Crippen LogP contribution in [-0.2, 0) is 4.74 Å². The smallest absolute Gasteiger partial charge is 0.126 e. The molecule has 0 amide bonds. The molecule has 3 atom stereocenters. The lowest BCUT2D eigenvalue weighted by Crippen LogP contribution is -2.37. The van der Waals surface area contributed by atoms with Crippen molar-refractivity contribution in [2.75, 3.05) is 6.61 Å². The second-order valence-electron chi connectivity index (χ2n) is 9.04. The molecule has 0 bridgehead atoms. The number of unbranched alkanes of at least 4 members (excludes halogenated alkanes) is 1. The highest BCUT2D eigenvalue weighted by molar-refractivity contribution is 4.88. The first-order valence-corrected chi connectivity index (χ1v) is 11.1. The van der Waals surface area contributed by atoms with Gasteiger partial charge in [0.1, 0.15) is 12.3 Å². The van der Waals surface area contributed by atoms with Gasteiger partial charge in [0.2, 0.25) is 0 Å². The van der Waals surface area contributed by atoms with E-state index in [2.05, 4.69) is 6.92 Å². The van der Waals surface area contributed by atoms with Gasteiger partial charge in [-0.3, -0.25) is 0 Å². The zero-order valence-corrected chi connectivity index (χ0v) is 16.1. The molecule has 0 aromatic heterocycles. The number of alkyl halides is 2. The predicted octanol–water partition coefficient (Wildman–Crippen LogP) is 6.64. The van der Waals surface area contributed by atoms with Crippen molar-refractivity contribution in [2.45, 2.75) is 109 Å². The maximum Gasteiger partial charge on any atom is 0.126 e. The zero-order valence-electron chi connectivity index (χ0n) is 16.1. The van der Waals surface area contributed by atoms with Gasteiger partial charge in [0, 0.05) is 6.61 Å². The van der Waals surface area contributed by atoms with Crippen molar-refractivity contribution >= 4 is 0 Å². The first-order chi connectivity index (χ1) is 12.2. The van der Waals surface area contributed by atoms with E-state index in [1.807, 2.05) is 0 Å². The van der Waals surface area contributed by atoms with E-state index in [-0.39, 0.29) is 6.10 Å². The molecule has 0 heterocycles. The van der Waals surface area contributed by atoms with Crippen molar-refractivity contribution in [1.82, 2.24) is 0 Å². The molecule has 0 aromatic rings. The normalized spacial score (nSPS) is 43.1. The van der Waals surface area contributed by atoms with Crippen LogP contribution in [0.4, 0.5) is 8.78 Å². The van der Waals surface area contributed by atoms with Crippen molar-refractivity contribution < 1.29 is 13.5 Å². The lowest BCUT2D eigenvalue weighted by molar-refractivity contribution is -0.0475. The van der Waals surface area contributed by atoms with Crippen LogP contribution in [0.1, 0.15) is 90.4 Å². The van der Waals surface area contributed by atoms with Gasteiger partial charge in [0.05, 0.1) is 6.10 Å². The standard InChI is InChI=1S/C22H38F2O/c1-2-3-14-25-22-13-10-19(15-21(22)24)18-6-4-16(5-7-18)17-8-11-20(23)12-9-17/h16-22H,2-15H2,1H3. The minimum absolute atomic E-state index is 0.143. The topological polar surface area (TPSA) is 9.23 Å². The molecule has 25 heavy (non-hydrogen) atoms. The van der Waals surface area contributed by atoms with Crippen LogP contribution >= 0.6 is 0 Å². The Balaban J connectivity index is 1.38. The molecule has 3 fully saturated rings. The van der Waals surface area contributed by atoms with Crippen LogP contribution in [0.2, 0.25) is 0 Å². The van der Waals surface area contributed by atoms with Crippen LogP contribution < -0.4 is 0 Å². The maximum absolute atomic E-state index is 14.5. The minimum Gasteiger partial charge on any atom is -0.375 e. The third-order valence-electron chi connectivity index (χ3n) is 7.43. The summed E-state index contributed by atoms with van der Waals surface area (Å²) in [5, 5.41) is 0. The highest BCUT2D eigenvalue weighted by Gasteiger charge is 2.38. The number of hydrogen-bond acceptors (Lipinski definition) is 1. The van der Waals surface area contributed by atoms with Crippen LogP contribution in [0, 0.1) is 23.7 Å². The SMILES string of the molecule is CCCCOC1CCC(C2CCC(C3CCC(F)CC3)CC2)CC1F. The van der Waals surface area contributed by atoms with Gasteiger partial charge in [-0.15, -0.1) is 0 Å². The number of halogens is 2. The summed E-state index contributed by atoms with van der Waals surface area (Å²) in [4.78, 5) is 0. The third-order valence-corrected chi connectivity index (χ3v) is 7.43. The lowest BCUT2D eigenvalue weighted by Gasteiger charge is -2.41. The number of rotatable bonds is 6. The Kier molecular flexibility index (Phi) is 7.57. The van der Waals surface area contributed by atoms with E-state index < -0.39 is 12.3 Å². The van der Waals surface area contributed by atoms with E-state index in [0.29, 0.717) is 5.92 Å². The fourth-order valence-electron chi connectivity index (χ4n) is 5.75. The first-order valence-electron chi connectivity index (χ1n) is 11.1. The van der Waals surface area contributed by atoms with Crippen LogP contribution in [0.5, 0.6) is 0 Å². The quantitative estimate of drug-likeness (QED) is 0.484. The molecule has 3 unspecified atom stereocenters. The molecule has 1 nitrogen and oxygen atoms in total. The zero-order chi connectivity index (χ0) is 17.6. The Morgan fingerprint density at radius 1 is 0.720 bits per heavy atom. The summed E-state index contributed by atoms with van der Waals surface area (Å²) in [6, 6.07) is 0. The summed E-state index contributed by atoms with van der Waals surface area (Å²) >= 11 is 0. The van der Waals surface area contributed by atoms with Gasteiger partial charge in [0.25, 0.3) is 0 Å². The van der Waals surface area contributed by atoms with E-state index in [0.717, 1.165) is 82.1 Å². The van der Waals surface area contributed by atoms with Crippen molar-refractivity contribution in [2.24, 2.45) is 23.7 Å². The molecule has 0 N–H and O–H groups in total. The van der Waals surface area contributed by atoms with Crippen molar-refractivity contribution in [3.05, 3.63) is 0 Å². The van der Waals surface area contributed by atoms with Gasteiger partial charge in [-0.2, -0.15) is 0 Å². The number of hydrogen-bond donors (Lipinski definition) is 0. The minimum atomic E-state index is -0.756. The van der Waals surface area contributed by atoms with Crippen molar-refractivity contribution in [3.63, 3.8) is 0 Å². The summed E-state index contributed by atoms with van der Waals surface area (Å²) in [6.45, 7) is 2.87. The molecule has 0 aliphatic heterocycles. The van der Waals surface area contributed by atoms with Crippen molar-refractivity contribution in [1.29, 1.82) is 0 Å². The molecule has 3 heteroatoms. The van der Waals surface area contributed by atoms with E-state index in [1.165, 1.54) is 25.7 Å². The highest BCUT2D eigenvalue weighted by atomic mass is 19.1. The van der Waals surface area contributed by atoms with Gasteiger partial charge < -0.3 is 4.74 Å². The van der Waals surface area contributed by atoms with Crippen LogP contribution in [0.15, 0.2) is 0 Å². The fraction of sp³-hybridized carbons (Fsp3) is 1.00. The summed E-state index contributed by atoms with van der Waals surface area (Å²) in [5.74, 6) is 2.88. The molecule has 0 spiro atoms. The maximum atomic E-state index is 14.5. The van der Waals surface area contributed by atoms with Crippen LogP contribution in [0.25, 0.3) is 0 Å². The average Bonchev–Trinajstić information content (AvgIpc) is 2.64. The molecule has 0 radical (unpaired) electrons. The molecule has 3 saturated carbocycles. The molecule has 3 aliphatic carbocycles. The largest absolute Gasteiger partial charge is 0.375 e.